The van der Waals surface area contributed by atoms with Gasteiger partial charge in [0.1, 0.15) is 0 Å². The number of fused-ring (bicyclic) bond motifs is 18. The highest BCUT2D eigenvalue weighted by molar-refractivity contribution is 7.26. The van der Waals surface area contributed by atoms with Gasteiger partial charge in [0.2, 0.25) is 0 Å². The Kier molecular flexibility index (Phi) is 5.38. The minimum Gasteiger partial charge on any atom is -0.354 e. The van der Waals surface area contributed by atoms with E-state index < -0.39 is 0 Å². The summed E-state index contributed by atoms with van der Waals surface area (Å²) in [5.41, 5.74) is 2.43. The van der Waals surface area contributed by atoms with Gasteiger partial charge in [-0.2, -0.15) is 0 Å². The van der Waals surface area contributed by atoms with Gasteiger partial charge in [0.25, 0.3) is 0 Å². The summed E-state index contributed by atoms with van der Waals surface area (Å²) in [5.74, 6) is 0. The van der Waals surface area contributed by atoms with Gasteiger partial charge < -0.3 is 15.0 Å². The Labute approximate surface area is 313 Å². The largest absolute Gasteiger partial charge is 0.354 e. The number of aromatic nitrogens is 3. The Bertz CT molecular complexity index is 3650. The van der Waals surface area contributed by atoms with Crippen molar-refractivity contribution >= 4 is 160 Å². The molecule has 13 aromatic rings. The highest BCUT2D eigenvalue weighted by atomic mass is 32.1. The van der Waals surface area contributed by atoms with Crippen LogP contribution in [0.3, 0.4) is 0 Å². The van der Waals surface area contributed by atoms with Crippen LogP contribution in [0.4, 0.5) is 0 Å². The number of hydrogen-bond acceptors (Lipinski definition) is 6. The lowest BCUT2D eigenvalue weighted by Gasteiger charge is -2.13. The molecule has 0 radical (unpaired) electrons. The summed E-state index contributed by atoms with van der Waals surface area (Å²) in [6.45, 7) is 0. The number of hydrogen-bond donors (Lipinski definition) is 3. The molecule has 0 fully saturated rings. The quantitative estimate of drug-likeness (QED) is 0.106. The second-order valence-corrected chi connectivity index (χ2v) is 17.3. The summed E-state index contributed by atoms with van der Waals surface area (Å²) in [7, 11) is 0. The van der Waals surface area contributed by atoms with Crippen LogP contribution in [-0.4, -0.2) is 15.0 Å². The molecule has 54 heavy (non-hydrogen) atoms. The van der Waals surface area contributed by atoms with Crippen LogP contribution in [0.5, 0.6) is 0 Å². The normalized spacial score (nSPS) is 12.7. The maximum absolute atomic E-state index is 15.0. The average Bonchev–Trinajstić information content (AvgIpc) is 3.86. The molecule has 0 saturated heterocycles. The van der Waals surface area contributed by atoms with E-state index in [9.17, 15) is 0 Å². The van der Waals surface area contributed by atoms with Crippen molar-refractivity contribution in [2.45, 2.75) is 0 Å². The molecule has 13 rings (SSSR count). The lowest BCUT2D eigenvalue weighted by Crippen LogP contribution is -2.15. The molecule has 0 aliphatic carbocycles. The van der Waals surface area contributed by atoms with Crippen molar-refractivity contribution in [2.24, 2.45) is 0 Å². The van der Waals surface area contributed by atoms with E-state index in [1.807, 2.05) is 72.8 Å². The topological polar surface area (TPSA) is 98.6 Å². The van der Waals surface area contributed by atoms with Crippen LogP contribution in [0.15, 0.2) is 124 Å². The van der Waals surface area contributed by atoms with E-state index in [4.69, 9.17) is 0 Å². The van der Waals surface area contributed by atoms with E-state index in [-0.39, 0.29) is 16.3 Å². The van der Waals surface area contributed by atoms with Crippen LogP contribution in [0.1, 0.15) is 0 Å². The van der Waals surface area contributed by atoms with Crippen LogP contribution in [0.2, 0.25) is 0 Å². The molecular weight excluding hydrogens is 727 g/mol. The average molecular weight is 748 g/mol. The van der Waals surface area contributed by atoms with E-state index in [2.05, 4.69) is 51.4 Å². The maximum Gasteiger partial charge on any atom is 0.199 e. The van der Waals surface area contributed by atoms with Crippen LogP contribution < -0.4 is 16.3 Å². The van der Waals surface area contributed by atoms with E-state index >= 15 is 14.4 Å². The van der Waals surface area contributed by atoms with Gasteiger partial charge in [-0.3, -0.25) is 14.4 Å². The standard InChI is InChI=1S/C45H21N3O3S3/c49-43-25-16-34-22(19-7-1-4-10-31(19)52-34)13-28(25)46-40-37(43)41-39(45(51)27-18-36-24(15-30(27)47-41)21-9-3-6-12-33(21)54-36)42-38(40)44(50)26-17-35-23(14-29(26)48-42)20-8-2-5-11-32(20)53-35/h1-18H,(H,46,49)(H,47,51)(H,48,50). The van der Waals surface area contributed by atoms with E-state index in [0.717, 1.165) is 60.5 Å². The number of thiophene rings is 3. The van der Waals surface area contributed by atoms with Crippen molar-refractivity contribution in [3.05, 3.63) is 140 Å². The highest BCUT2D eigenvalue weighted by Gasteiger charge is 2.23. The van der Waals surface area contributed by atoms with Crippen molar-refractivity contribution in [3.8, 4) is 0 Å². The molecular formula is C45H21N3O3S3. The van der Waals surface area contributed by atoms with Crippen LogP contribution >= 0.6 is 34.0 Å². The first-order chi connectivity index (χ1) is 26.5. The third-order valence-corrected chi connectivity index (χ3v) is 14.6. The molecule has 0 unspecified atom stereocenters. The predicted octanol–water partition coefficient (Wildman–Crippen LogP) is 11.8. The Morgan fingerprint density at radius 3 is 0.926 bits per heavy atom. The highest BCUT2D eigenvalue weighted by Crippen LogP contribution is 2.40. The second-order valence-electron chi connectivity index (χ2n) is 14.1. The molecule has 0 aliphatic rings. The van der Waals surface area contributed by atoms with Gasteiger partial charge in [0, 0.05) is 76.7 Å². The molecule has 7 aromatic carbocycles. The van der Waals surface area contributed by atoms with Crippen molar-refractivity contribution in [2.75, 3.05) is 0 Å². The molecule has 0 spiro atoms. The predicted molar refractivity (Wildman–Crippen MR) is 232 cm³/mol. The summed E-state index contributed by atoms with van der Waals surface area (Å²) < 4.78 is 6.40. The molecule has 0 aliphatic heterocycles. The van der Waals surface area contributed by atoms with Crippen molar-refractivity contribution in [3.63, 3.8) is 0 Å². The second kappa shape index (κ2) is 9.97. The zero-order valence-corrected chi connectivity index (χ0v) is 30.3. The molecule has 252 valence electrons. The molecule has 0 bridgehead atoms. The lowest BCUT2D eigenvalue weighted by molar-refractivity contribution is 1.45. The Morgan fingerprint density at radius 2 is 0.611 bits per heavy atom. The molecule has 6 heterocycles. The zero-order chi connectivity index (χ0) is 35.6. The number of rotatable bonds is 0. The first-order valence-corrected chi connectivity index (χ1v) is 20.0. The van der Waals surface area contributed by atoms with Gasteiger partial charge in [0.05, 0.1) is 49.3 Å². The first kappa shape index (κ1) is 29.1. The molecule has 9 heteroatoms. The molecule has 0 amide bonds. The number of benzene rings is 7. The molecule has 6 nitrogen and oxygen atoms in total. The molecule has 6 aromatic heterocycles. The third kappa shape index (κ3) is 3.61. The third-order valence-electron chi connectivity index (χ3n) is 11.2. The smallest absolute Gasteiger partial charge is 0.199 e. The van der Waals surface area contributed by atoms with Gasteiger partial charge >= 0.3 is 0 Å². The zero-order valence-electron chi connectivity index (χ0n) is 27.8. The molecule has 3 N–H and O–H groups in total. The van der Waals surface area contributed by atoms with Gasteiger partial charge in [-0.15, -0.1) is 34.0 Å². The molecule has 0 atom stereocenters. The first-order valence-electron chi connectivity index (χ1n) is 17.5. The van der Waals surface area contributed by atoms with Gasteiger partial charge in [-0.25, -0.2) is 0 Å². The maximum atomic E-state index is 15.0. The number of aromatic amines is 3. The van der Waals surface area contributed by atoms with Crippen molar-refractivity contribution in [1.82, 2.24) is 15.0 Å². The fourth-order valence-electron chi connectivity index (χ4n) is 8.80. The van der Waals surface area contributed by atoms with Crippen LogP contribution in [0, 0.1) is 0 Å². The minimum absolute atomic E-state index is 0.235. The van der Waals surface area contributed by atoms with Gasteiger partial charge in [0.15, 0.2) is 16.3 Å². The summed E-state index contributed by atoms with van der Waals surface area (Å²) in [5, 5.41) is 8.88. The summed E-state index contributed by atoms with van der Waals surface area (Å²) in [4.78, 5) is 55.7. The SMILES string of the molecule is O=c1c2cc3sc4ccccc4c3cc2[nH]c2c1c1[nH]c3cc4c(cc3c(=O)c1c1[nH]c3cc5c(cc3c(=O)c21)sc1ccccc15)sc1ccccc14. The number of H-pyrrole nitrogens is 3. The van der Waals surface area contributed by atoms with E-state index in [0.29, 0.717) is 65.4 Å². The van der Waals surface area contributed by atoms with E-state index in [1.165, 1.54) is 0 Å². The fourth-order valence-corrected chi connectivity index (χ4v) is 12.2. The van der Waals surface area contributed by atoms with Crippen LogP contribution in [-0.2, 0) is 0 Å². The summed E-state index contributed by atoms with van der Waals surface area (Å²) in [6.07, 6.45) is 0. The summed E-state index contributed by atoms with van der Waals surface area (Å²) in [6, 6.07) is 36.6. The summed E-state index contributed by atoms with van der Waals surface area (Å²) >= 11 is 4.94. The Morgan fingerprint density at radius 1 is 0.315 bits per heavy atom. The van der Waals surface area contributed by atoms with Crippen molar-refractivity contribution < 1.29 is 0 Å². The fraction of sp³-hybridized carbons (Fsp3) is 0. The lowest BCUT2D eigenvalue weighted by atomic mass is 9.97. The number of pyridine rings is 3. The number of nitrogens with one attached hydrogen (secondary N) is 3. The van der Waals surface area contributed by atoms with E-state index in [1.54, 1.807) is 34.0 Å². The Hall–Kier alpha value is -6.39. The van der Waals surface area contributed by atoms with Gasteiger partial charge in [-0.1, -0.05) is 54.6 Å². The van der Waals surface area contributed by atoms with Gasteiger partial charge in [-0.05, 0) is 54.6 Å². The minimum atomic E-state index is -0.235. The van der Waals surface area contributed by atoms with Crippen LogP contribution in [0.25, 0.3) is 126 Å². The monoisotopic (exact) mass is 747 g/mol. The Balaban J connectivity index is 1.28. The molecule has 0 saturated carbocycles. The van der Waals surface area contributed by atoms with Crippen molar-refractivity contribution in [1.29, 1.82) is 0 Å².